The van der Waals surface area contributed by atoms with Gasteiger partial charge in [0.2, 0.25) is 0 Å². The van der Waals surface area contributed by atoms with Crippen molar-refractivity contribution in [1.29, 1.82) is 0 Å². The largest absolute Gasteiger partial charge is 0.314 e. The molecule has 62 valence electrons. The first-order valence-corrected chi connectivity index (χ1v) is 4.32. The van der Waals surface area contributed by atoms with Gasteiger partial charge in [-0.1, -0.05) is 0 Å². The zero-order valence-electron chi connectivity index (χ0n) is 6.62. The van der Waals surface area contributed by atoms with E-state index in [9.17, 15) is 4.79 Å². The monoisotopic (exact) mass is 154 g/mol. The number of rotatable bonds is 2. The molecule has 0 aliphatic carbocycles. The second-order valence-corrected chi connectivity index (χ2v) is 3.41. The summed E-state index contributed by atoms with van der Waals surface area (Å²) in [4.78, 5) is 12.7. The van der Waals surface area contributed by atoms with Crippen molar-refractivity contribution in [2.45, 2.75) is 24.9 Å². The van der Waals surface area contributed by atoms with Crippen molar-refractivity contribution in [2.75, 3.05) is 19.6 Å². The standard InChI is InChI=1S/C8H14N2O/c11-4-3-10-7-1-2-8(10)6-9-5-7/h4,7-9H,1-3,5-6H2. The van der Waals surface area contributed by atoms with Gasteiger partial charge in [0.15, 0.2) is 0 Å². The highest BCUT2D eigenvalue weighted by Crippen LogP contribution is 2.25. The Kier molecular flexibility index (Phi) is 1.92. The number of nitrogens with one attached hydrogen (secondary N) is 1. The number of carbonyl (C=O) groups is 1. The molecule has 2 aliphatic rings. The van der Waals surface area contributed by atoms with E-state index in [0.717, 1.165) is 19.4 Å². The fourth-order valence-electron chi connectivity index (χ4n) is 2.25. The molecule has 2 unspecified atom stereocenters. The van der Waals surface area contributed by atoms with Crippen LogP contribution >= 0.6 is 0 Å². The van der Waals surface area contributed by atoms with E-state index in [-0.39, 0.29) is 0 Å². The number of nitrogens with zero attached hydrogens (tertiary/aromatic N) is 1. The normalized spacial score (nSPS) is 37.5. The van der Waals surface area contributed by atoms with Crippen LogP contribution in [-0.2, 0) is 4.79 Å². The van der Waals surface area contributed by atoms with Crippen LogP contribution in [0.25, 0.3) is 0 Å². The Morgan fingerprint density at radius 3 is 2.55 bits per heavy atom. The third-order valence-electron chi connectivity index (χ3n) is 2.82. The highest BCUT2D eigenvalue weighted by molar-refractivity contribution is 5.52. The maximum absolute atomic E-state index is 10.3. The second kappa shape index (κ2) is 2.91. The van der Waals surface area contributed by atoms with E-state index in [1.165, 1.54) is 12.8 Å². The smallest absolute Gasteiger partial charge is 0.134 e. The fourth-order valence-corrected chi connectivity index (χ4v) is 2.25. The van der Waals surface area contributed by atoms with Crippen molar-refractivity contribution in [2.24, 2.45) is 0 Å². The maximum atomic E-state index is 10.3. The summed E-state index contributed by atoms with van der Waals surface area (Å²) in [6, 6.07) is 1.28. The zero-order valence-corrected chi connectivity index (χ0v) is 6.62. The van der Waals surface area contributed by atoms with Gasteiger partial charge < -0.3 is 10.1 Å². The molecule has 11 heavy (non-hydrogen) atoms. The lowest BCUT2D eigenvalue weighted by Gasteiger charge is -2.33. The van der Waals surface area contributed by atoms with Crippen LogP contribution in [0.2, 0.25) is 0 Å². The summed E-state index contributed by atoms with van der Waals surface area (Å²) >= 11 is 0. The number of fused-ring (bicyclic) bond motifs is 2. The molecule has 1 N–H and O–H groups in total. The number of carbonyl (C=O) groups excluding carboxylic acids is 1. The highest BCUT2D eigenvalue weighted by Gasteiger charge is 2.35. The van der Waals surface area contributed by atoms with E-state index in [4.69, 9.17) is 0 Å². The molecule has 3 nitrogen and oxygen atoms in total. The van der Waals surface area contributed by atoms with Gasteiger partial charge in [0.25, 0.3) is 0 Å². The van der Waals surface area contributed by atoms with E-state index in [2.05, 4.69) is 10.2 Å². The van der Waals surface area contributed by atoms with Crippen LogP contribution in [0, 0.1) is 0 Å². The summed E-state index contributed by atoms with van der Waals surface area (Å²) in [5.41, 5.74) is 0. The first-order valence-electron chi connectivity index (χ1n) is 4.32. The molecule has 2 saturated heterocycles. The first kappa shape index (κ1) is 7.25. The molecule has 0 aromatic rings. The summed E-state index contributed by atoms with van der Waals surface area (Å²) in [7, 11) is 0. The van der Waals surface area contributed by atoms with Gasteiger partial charge in [0.1, 0.15) is 6.29 Å². The summed E-state index contributed by atoms with van der Waals surface area (Å²) in [5.74, 6) is 0. The topological polar surface area (TPSA) is 32.3 Å². The molecule has 0 aromatic carbocycles. The van der Waals surface area contributed by atoms with Crippen molar-refractivity contribution in [1.82, 2.24) is 10.2 Å². The lowest BCUT2D eigenvalue weighted by Crippen LogP contribution is -2.52. The van der Waals surface area contributed by atoms with Crippen molar-refractivity contribution < 1.29 is 4.79 Å². The molecular weight excluding hydrogens is 140 g/mol. The Morgan fingerprint density at radius 1 is 1.36 bits per heavy atom. The molecule has 0 amide bonds. The van der Waals surface area contributed by atoms with Gasteiger partial charge in [-0.2, -0.15) is 0 Å². The summed E-state index contributed by atoms with van der Waals surface area (Å²) in [5, 5.41) is 3.38. The number of aldehydes is 1. The number of hydrogen-bond donors (Lipinski definition) is 1. The molecule has 2 fully saturated rings. The molecule has 0 saturated carbocycles. The lowest BCUT2D eigenvalue weighted by atomic mass is 10.2. The Labute approximate surface area is 66.8 Å². The average Bonchev–Trinajstić information content (AvgIpc) is 2.30. The molecule has 0 radical (unpaired) electrons. The third-order valence-corrected chi connectivity index (χ3v) is 2.82. The van der Waals surface area contributed by atoms with Gasteiger partial charge in [-0.05, 0) is 12.8 Å². The van der Waals surface area contributed by atoms with Crippen molar-refractivity contribution in [3.8, 4) is 0 Å². The van der Waals surface area contributed by atoms with Gasteiger partial charge in [-0.3, -0.25) is 4.90 Å². The number of piperazine rings is 1. The average molecular weight is 154 g/mol. The third kappa shape index (κ3) is 1.19. The Morgan fingerprint density at radius 2 is 2.00 bits per heavy atom. The van der Waals surface area contributed by atoms with Gasteiger partial charge in [-0.15, -0.1) is 0 Å². The molecule has 2 heterocycles. The van der Waals surface area contributed by atoms with E-state index in [0.29, 0.717) is 18.6 Å². The van der Waals surface area contributed by atoms with E-state index < -0.39 is 0 Å². The minimum atomic E-state index is 0.636. The second-order valence-electron chi connectivity index (χ2n) is 3.41. The predicted molar refractivity (Wildman–Crippen MR) is 42.4 cm³/mol. The minimum Gasteiger partial charge on any atom is -0.314 e. The van der Waals surface area contributed by atoms with Gasteiger partial charge in [0, 0.05) is 25.2 Å². The summed E-state index contributed by atoms with van der Waals surface area (Å²) < 4.78 is 0. The molecule has 3 heteroatoms. The quantitative estimate of drug-likeness (QED) is 0.550. The molecule has 2 atom stereocenters. The predicted octanol–water partition coefficient (Wildman–Crippen LogP) is -0.378. The van der Waals surface area contributed by atoms with E-state index >= 15 is 0 Å². The zero-order chi connectivity index (χ0) is 7.68. The van der Waals surface area contributed by atoms with Gasteiger partial charge >= 0.3 is 0 Å². The Balaban J connectivity index is 2.02. The lowest BCUT2D eigenvalue weighted by molar-refractivity contribution is -0.109. The van der Waals surface area contributed by atoms with Crippen LogP contribution in [0.15, 0.2) is 0 Å². The Bertz CT molecular complexity index is 144. The van der Waals surface area contributed by atoms with Crippen LogP contribution in [0.3, 0.4) is 0 Å². The van der Waals surface area contributed by atoms with Crippen LogP contribution in [0.5, 0.6) is 0 Å². The highest BCUT2D eigenvalue weighted by atomic mass is 16.1. The van der Waals surface area contributed by atoms with E-state index in [1.807, 2.05) is 0 Å². The van der Waals surface area contributed by atoms with Gasteiger partial charge in [0.05, 0.1) is 6.54 Å². The van der Waals surface area contributed by atoms with Crippen molar-refractivity contribution in [3.05, 3.63) is 0 Å². The summed E-state index contributed by atoms with van der Waals surface area (Å²) in [6.45, 7) is 2.78. The summed E-state index contributed by atoms with van der Waals surface area (Å²) in [6.07, 6.45) is 3.56. The Hall–Kier alpha value is -0.410. The first-order chi connectivity index (χ1) is 5.42. The molecule has 2 rings (SSSR count). The van der Waals surface area contributed by atoms with Crippen molar-refractivity contribution >= 4 is 6.29 Å². The van der Waals surface area contributed by atoms with Crippen molar-refractivity contribution in [3.63, 3.8) is 0 Å². The molecule has 2 aliphatic heterocycles. The maximum Gasteiger partial charge on any atom is 0.134 e. The van der Waals surface area contributed by atoms with Crippen LogP contribution in [0.4, 0.5) is 0 Å². The van der Waals surface area contributed by atoms with Gasteiger partial charge in [-0.25, -0.2) is 0 Å². The van der Waals surface area contributed by atoms with Crippen LogP contribution in [-0.4, -0.2) is 42.9 Å². The van der Waals surface area contributed by atoms with Crippen LogP contribution in [0.1, 0.15) is 12.8 Å². The molecule has 2 bridgehead atoms. The molecule has 0 spiro atoms. The molecule has 0 aromatic heterocycles. The fraction of sp³-hybridized carbons (Fsp3) is 0.875. The number of hydrogen-bond acceptors (Lipinski definition) is 3. The minimum absolute atomic E-state index is 0.636. The molecular formula is C8H14N2O. The SMILES string of the molecule is O=CCN1C2CCC1CNC2. The van der Waals surface area contributed by atoms with Crippen LogP contribution < -0.4 is 5.32 Å². The van der Waals surface area contributed by atoms with E-state index in [1.54, 1.807) is 0 Å².